The highest BCUT2D eigenvalue weighted by Crippen LogP contribution is 2.31. The van der Waals surface area contributed by atoms with E-state index in [0.29, 0.717) is 5.41 Å². The van der Waals surface area contributed by atoms with Gasteiger partial charge in [0.05, 0.1) is 0 Å². The molecule has 1 aromatic rings. The maximum Gasteiger partial charge on any atom is 0.205 e. The van der Waals surface area contributed by atoms with Crippen molar-refractivity contribution in [1.29, 1.82) is 0 Å². The predicted molar refractivity (Wildman–Crippen MR) is 62.1 cm³/mol. The van der Waals surface area contributed by atoms with Gasteiger partial charge >= 0.3 is 0 Å². The largest absolute Gasteiger partial charge is 0.342 e. The van der Waals surface area contributed by atoms with Crippen LogP contribution in [0.25, 0.3) is 0 Å². The molecule has 1 aromatic heterocycles. The number of hydrogen-bond acceptors (Lipinski definition) is 3. The first-order valence-electron chi connectivity index (χ1n) is 5.51. The first-order chi connectivity index (χ1) is 7.14. The number of hydrogen-bond donors (Lipinski definition) is 1. The molecule has 2 rings (SSSR count). The Morgan fingerprint density at radius 3 is 3.00 bits per heavy atom. The van der Waals surface area contributed by atoms with E-state index in [9.17, 15) is 0 Å². The third-order valence-electron chi connectivity index (χ3n) is 3.24. The normalized spacial score (nSPS) is 26.2. The molecule has 1 aliphatic rings. The molecular weight excluding hydrogens is 188 g/mol. The van der Waals surface area contributed by atoms with Gasteiger partial charge in [0, 0.05) is 39.1 Å². The van der Waals surface area contributed by atoms with Gasteiger partial charge in [0.25, 0.3) is 0 Å². The van der Waals surface area contributed by atoms with Crippen molar-refractivity contribution in [1.82, 2.24) is 14.9 Å². The fraction of sp³-hybridized carbons (Fsp3) is 0.727. The molecule has 1 unspecified atom stereocenters. The van der Waals surface area contributed by atoms with Crippen molar-refractivity contribution in [3.63, 3.8) is 0 Å². The van der Waals surface area contributed by atoms with Crippen molar-refractivity contribution in [2.45, 2.75) is 13.3 Å². The number of imidazole rings is 1. The molecule has 1 fully saturated rings. The Balaban J connectivity index is 2.07. The highest BCUT2D eigenvalue weighted by Gasteiger charge is 2.34. The second-order valence-electron chi connectivity index (χ2n) is 4.85. The lowest BCUT2D eigenvalue weighted by Crippen LogP contribution is -2.33. The summed E-state index contributed by atoms with van der Waals surface area (Å²) in [5.41, 5.74) is 0.390. The summed E-state index contributed by atoms with van der Waals surface area (Å²) in [7, 11) is 4.07. The lowest BCUT2D eigenvalue weighted by atomic mass is 9.90. The summed E-state index contributed by atoms with van der Waals surface area (Å²) >= 11 is 0. The van der Waals surface area contributed by atoms with Gasteiger partial charge in [-0.05, 0) is 18.9 Å². The molecule has 1 aliphatic heterocycles. The maximum atomic E-state index is 4.39. The zero-order valence-corrected chi connectivity index (χ0v) is 9.82. The Morgan fingerprint density at radius 2 is 2.40 bits per heavy atom. The number of aromatic nitrogens is 2. The highest BCUT2D eigenvalue weighted by atomic mass is 15.3. The third-order valence-corrected chi connectivity index (χ3v) is 3.24. The minimum Gasteiger partial charge on any atom is -0.342 e. The average molecular weight is 208 g/mol. The summed E-state index contributed by atoms with van der Waals surface area (Å²) in [5, 5.41) is 3.28. The molecule has 84 valence electrons. The SMILES string of the molecule is CNCC1(C)CCN(c2nccn2C)C1. The van der Waals surface area contributed by atoms with Gasteiger partial charge < -0.3 is 14.8 Å². The Bertz CT molecular complexity index is 333. The standard InChI is InChI=1S/C11H20N4/c1-11(8-12-2)4-6-15(9-11)10-13-5-7-14(10)3/h5,7,12H,4,6,8-9H2,1-3H3. The van der Waals surface area contributed by atoms with Crippen molar-refractivity contribution < 1.29 is 0 Å². The Morgan fingerprint density at radius 1 is 1.60 bits per heavy atom. The predicted octanol–water partition coefficient (Wildman–Crippen LogP) is 0.856. The third kappa shape index (κ3) is 2.00. The number of rotatable bonds is 3. The minimum atomic E-state index is 0.390. The molecule has 0 radical (unpaired) electrons. The molecule has 4 heteroatoms. The number of aryl methyl sites for hydroxylation is 1. The molecule has 0 amide bonds. The van der Waals surface area contributed by atoms with Crippen LogP contribution in [-0.4, -0.2) is 36.2 Å². The second kappa shape index (κ2) is 3.85. The van der Waals surface area contributed by atoms with Crippen LogP contribution in [0.1, 0.15) is 13.3 Å². The van der Waals surface area contributed by atoms with Crippen molar-refractivity contribution >= 4 is 5.95 Å². The van der Waals surface area contributed by atoms with Crippen LogP contribution in [0.2, 0.25) is 0 Å². The molecule has 2 heterocycles. The Hall–Kier alpha value is -1.03. The molecule has 0 saturated carbocycles. The lowest BCUT2D eigenvalue weighted by molar-refractivity contribution is 0.355. The van der Waals surface area contributed by atoms with Gasteiger partial charge in [0.15, 0.2) is 0 Å². The number of nitrogens with zero attached hydrogens (tertiary/aromatic N) is 3. The first kappa shape index (κ1) is 10.5. The Kier molecular flexibility index (Phi) is 2.69. The zero-order chi connectivity index (χ0) is 10.9. The van der Waals surface area contributed by atoms with E-state index in [1.807, 2.05) is 19.4 Å². The van der Waals surface area contributed by atoms with E-state index in [0.717, 1.165) is 25.6 Å². The topological polar surface area (TPSA) is 33.1 Å². The second-order valence-corrected chi connectivity index (χ2v) is 4.85. The van der Waals surface area contributed by atoms with Gasteiger partial charge in [-0.2, -0.15) is 0 Å². The van der Waals surface area contributed by atoms with Crippen molar-refractivity contribution in [3.8, 4) is 0 Å². The van der Waals surface area contributed by atoms with Crippen LogP contribution in [0.4, 0.5) is 5.95 Å². The molecule has 1 atom stereocenters. The summed E-state index contributed by atoms with van der Waals surface area (Å²) < 4.78 is 2.09. The Labute approximate surface area is 91.3 Å². The minimum absolute atomic E-state index is 0.390. The van der Waals surface area contributed by atoms with Crippen molar-refractivity contribution in [3.05, 3.63) is 12.4 Å². The van der Waals surface area contributed by atoms with Gasteiger partial charge in [0.2, 0.25) is 5.95 Å². The molecule has 4 nitrogen and oxygen atoms in total. The van der Waals surface area contributed by atoms with Crippen LogP contribution < -0.4 is 10.2 Å². The van der Waals surface area contributed by atoms with Gasteiger partial charge in [0.1, 0.15) is 0 Å². The van der Waals surface area contributed by atoms with Crippen LogP contribution in [0.15, 0.2) is 12.4 Å². The highest BCUT2D eigenvalue weighted by molar-refractivity contribution is 5.33. The monoisotopic (exact) mass is 208 g/mol. The van der Waals surface area contributed by atoms with E-state index in [2.05, 4.69) is 33.7 Å². The quantitative estimate of drug-likeness (QED) is 0.799. The summed E-state index contributed by atoms with van der Waals surface area (Å²) in [4.78, 5) is 6.76. The van der Waals surface area contributed by atoms with Crippen LogP contribution in [0.5, 0.6) is 0 Å². The molecule has 0 aromatic carbocycles. The molecule has 0 aliphatic carbocycles. The lowest BCUT2D eigenvalue weighted by Gasteiger charge is -2.24. The average Bonchev–Trinajstić information content (AvgIpc) is 2.73. The van der Waals surface area contributed by atoms with E-state index in [1.54, 1.807) is 0 Å². The summed E-state index contributed by atoms with van der Waals surface area (Å²) in [6.07, 6.45) is 5.10. The van der Waals surface area contributed by atoms with E-state index >= 15 is 0 Å². The van der Waals surface area contributed by atoms with Crippen LogP contribution in [0, 0.1) is 5.41 Å². The van der Waals surface area contributed by atoms with Gasteiger partial charge in [-0.3, -0.25) is 0 Å². The van der Waals surface area contributed by atoms with Gasteiger partial charge in [-0.1, -0.05) is 6.92 Å². The smallest absolute Gasteiger partial charge is 0.205 e. The van der Waals surface area contributed by atoms with Crippen molar-refractivity contribution in [2.75, 3.05) is 31.6 Å². The summed E-state index contributed by atoms with van der Waals surface area (Å²) in [6, 6.07) is 0. The number of nitrogens with one attached hydrogen (secondary N) is 1. The molecule has 15 heavy (non-hydrogen) atoms. The van der Waals surface area contributed by atoms with Crippen molar-refractivity contribution in [2.24, 2.45) is 12.5 Å². The van der Waals surface area contributed by atoms with Crippen LogP contribution >= 0.6 is 0 Å². The van der Waals surface area contributed by atoms with Gasteiger partial charge in [-0.25, -0.2) is 4.98 Å². The van der Waals surface area contributed by atoms with E-state index in [-0.39, 0.29) is 0 Å². The van der Waals surface area contributed by atoms with E-state index in [4.69, 9.17) is 0 Å². The van der Waals surface area contributed by atoms with E-state index in [1.165, 1.54) is 6.42 Å². The maximum absolute atomic E-state index is 4.39. The zero-order valence-electron chi connectivity index (χ0n) is 9.82. The van der Waals surface area contributed by atoms with Crippen LogP contribution in [0.3, 0.4) is 0 Å². The first-order valence-corrected chi connectivity index (χ1v) is 5.51. The van der Waals surface area contributed by atoms with Gasteiger partial charge in [-0.15, -0.1) is 0 Å². The number of anilines is 1. The molecule has 1 saturated heterocycles. The fourth-order valence-electron chi connectivity index (χ4n) is 2.43. The molecule has 1 N–H and O–H groups in total. The molecular formula is C11H20N4. The molecule has 0 spiro atoms. The summed E-state index contributed by atoms with van der Waals surface area (Å²) in [5.74, 6) is 1.09. The fourth-order valence-corrected chi connectivity index (χ4v) is 2.43. The van der Waals surface area contributed by atoms with E-state index < -0.39 is 0 Å². The summed E-state index contributed by atoms with van der Waals surface area (Å²) in [6.45, 7) is 5.63. The molecule has 0 bridgehead atoms. The van der Waals surface area contributed by atoms with Crippen LogP contribution in [-0.2, 0) is 7.05 Å².